The number of methoxy groups -OCH3 is 1. The van der Waals surface area contributed by atoms with Gasteiger partial charge in [-0.25, -0.2) is 4.98 Å². The second-order valence-electron chi connectivity index (χ2n) is 3.28. The molecule has 0 aliphatic rings. The van der Waals surface area contributed by atoms with Gasteiger partial charge in [-0.15, -0.1) is 11.8 Å². The maximum absolute atomic E-state index is 5.04. The van der Waals surface area contributed by atoms with Gasteiger partial charge in [0.25, 0.3) is 0 Å². The van der Waals surface area contributed by atoms with Crippen molar-refractivity contribution >= 4 is 23.4 Å². The first kappa shape index (κ1) is 11.7. The summed E-state index contributed by atoms with van der Waals surface area (Å²) < 4.78 is 5.04. The van der Waals surface area contributed by atoms with Gasteiger partial charge in [-0.2, -0.15) is 4.98 Å². The summed E-state index contributed by atoms with van der Waals surface area (Å²) in [5, 5.41) is 3.14. The minimum atomic E-state index is 0.530. The average Bonchev–Trinajstić information content (AvgIpc) is 2.39. The van der Waals surface area contributed by atoms with Gasteiger partial charge >= 0.3 is 0 Å². The van der Waals surface area contributed by atoms with Crippen LogP contribution in [0.3, 0.4) is 0 Å². The summed E-state index contributed by atoms with van der Waals surface area (Å²) in [4.78, 5) is 9.51. The van der Waals surface area contributed by atoms with Crippen LogP contribution in [0.5, 0.6) is 5.88 Å². The Hall–Kier alpha value is -1.75. The molecule has 2 rings (SSSR count). The summed E-state index contributed by atoms with van der Waals surface area (Å²) in [6, 6.07) is 9.79. The fourth-order valence-electron chi connectivity index (χ4n) is 1.35. The Balaban J connectivity index is 2.18. The van der Waals surface area contributed by atoms with E-state index in [2.05, 4.69) is 21.4 Å². The zero-order chi connectivity index (χ0) is 12.1. The van der Waals surface area contributed by atoms with E-state index < -0.39 is 0 Å². The maximum Gasteiger partial charge on any atom is 0.230 e. The molecule has 0 spiro atoms. The molecular weight excluding hydrogens is 234 g/mol. The summed E-state index contributed by atoms with van der Waals surface area (Å²) in [6.07, 6.45) is 3.70. The van der Waals surface area contributed by atoms with E-state index in [0.717, 1.165) is 5.69 Å². The van der Waals surface area contributed by atoms with Crippen LogP contribution >= 0.6 is 11.8 Å². The number of nitrogens with zero attached hydrogens (tertiary/aromatic N) is 2. The van der Waals surface area contributed by atoms with E-state index in [0.29, 0.717) is 11.8 Å². The van der Waals surface area contributed by atoms with Crippen molar-refractivity contribution < 1.29 is 4.74 Å². The number of anilines is 2. The Morgan fingerprint density at radius 1 is 1.29 bits per heavy atom. The summed E-state index contributed by atoms with van der Waals surface area (Å²) in [6.45, 7) is 0. The van der Waals surface area contributed by atoms with Crippen molar-refractivity contribution in [3.8, 4) is 5.88 Å². The van der Waals surface area contributed by atoms with Gasteiger partial charge < -0.3 is 10.1 Å². The number of aromatic nitrogens is 2. The van der Waals surface area contributed by atoms with Gasteiger partial charge in [0, 0.05) is 22.8 Å². The molecule has 5 heteroatoms. The standard InChI is InChI=1S/C12H13N3OS/c1-16-11-6-7-13-12(15-11)14-9-4-3-5-10(8-9)17-2/h3-8H,1-2H3,(H,13,14,15). The van der Waals surface area contributed by atoms with E-state index in [1.54, 1.807) is 31.1 Å². The number of thioether (sulfide) groups is 1. The second kappa shape index (κ2) is 5.54. The molecule has 0 saturated carbocycles. The molecule has 4 nitrogen and oxygen atoms in total. The molecular formula is C12H13N3OS. The molecule has 1 N–H and O–H groups in total. The highest BCUT2D eigenvalue weighted by Gasteiger charge is 2.00. The van der Waals surface area contributed by atoms with Crippen molar-refractivity contribution in [1.29, 1.82) is 0 Å². The van der Waals surface area contributed by atoms with Gasteiger partial charge in [0.1, 0.15) is 0 Å². The molecule has 1 aromatic heterocycles. The molecule has 0 unspecified atom stereocenters. The molecule has 0 saturated heterocycles. The summed E-state index contributed by atoms with van der Waals surface area (Å²) in [5.41, 5.74) is 0.963. The SMILES string of the molecule is COc1ccnc(Nc2cccc(SC)c2)n1. The van der Waals surface area contributed by atoms with Crippen LogP contribution in [0.4, 0.5) is 11.6 Å². The van der Waals surface area contributed by atoms with Gasteiger partial charge in [-0.3, -0.25) is 0 Å². The molecule has 88 valence electrons. The smallest absolute Gasteiger partial charge is 0.230 e. The zero-order valence-electron chi connectivity index (χ0n) is 9.68. The van der Waals surface area contributed by atoms with Gasteiger partial charge in [0.2, 0.25) is 11.8 Å². The third kappa shape index (κ3) is 3.10. The highest BCUT2D eigenvalue weighted by Crippen LogP contribution is 2.21. The fraction of sp³-hybridized carbons (Fsp3) is 0.167. The fourth-order valence-corrected chi connectivity index (χ4v) is 1.81. The van der Waals surface area contributed by atoms with Crippen LogP contribution in [0.25, 0.3) is 0 Å². The van der Waals surface area contributed by atoms with Crippen molar-refractivity contribution in [3.63, 3.8) is 0 Å². The molecule has 2 aromatic rings. The van der Waals surface area contributed by atoms with E-state index in [4.69, 9.17) is 4.74 Å². The van der Waals surface area contributed by atoms with Crippen LogP contribution in [0.15, 0.2) is 41.4 Å². The van der Waals surface area contributed by atoms with Crippen molar-refractivity contribution in [2.24, 2.45) is 0 Å². The molecule has 0 atom stereocenters. The minimum Gasteiger partial charge on any atom is -0.481 e. The van der Waals surface area contributed by atoms with Crippen LogP contribution in [-0.4, -0.2) is 23.3 Å². The van der Waals surface area contributed by atoms with Gasteiger partial charge in [0.05, 0.1) is 7.11 Å². The molecule has 0 bridgehead atoms. The Kier molecular flexibility index (Phi) is 3.82. The molecule has 0 aliphatic heterocycles. The highest BCUT2D eigenvalue weighted by atomic mass is 32.2. The van der Waals surface area contributed by atoms with Crippen molar-refractivity contribution in [2.75, 3.05) is 18.7 Å². The Morgan fingerprint density at radius 2 is 2.18 bits per heavy atom. The monoisotopic (exact) mass is 247 g/mol. The predicted molar refractivity (Wildman–Crippen MR) is 70.1 cm³/mol. The number of benzene rings is 1. The molecule has 0 radical (unpaired) electrons. The Labute approximate surface area is 104 Å². The second-order valence-corrected chi connectivity index (χ2v) is 4.16. The number of nitrogens with one attached hydrogen (secondary N) is 1. The lowest BCUT2D eigenvalue weighted by atomic mass is 10.3. The Morgan fingerprint density at radius 3 is 2.94 bits per heavy atom. The van der Waals surface area contributed by atoms with Crippen LogP contribution in [0.1, 0.15) is 0 Å². The van der Waals surface area contributed by atoms with E-state index in [9.17, 15) is 0 Å². The predicted octanol–water partition coefficient (Wildman–Crippen LogP) is 2.95. The number of hydrogen-bond acceptors (Lipinski definition) is 5. The van der Waals surface area contributed by atoms with Crippen molar-refractivity contribution in [2.45, 2.75) is 4.90 Å². The van der Waals surface area contributed by atoms with Crippen LogP contribution in [-0.2, 0) is 0 Å². The molecule has 1 aromatic carbocycles. The first-order valence-corrected chi connectivity index (χ1v) is 6.32. The topological polar surface area (TPSA) is 47.0 Å². The van der Waals surface area contributed by atoms with E-state index in [-0.39, 0.29) is 0 Å². The molecule has 1 heterocycles. The molecule has 0 fully saturated rings. The van der Waals surface area contributed by atoms with Gasteiger partial charge in [-0.1, -0.05) is 6.07 Å². The molecule has 17 heavy (non-hydrogen) atoms. The first-order valence-electron chi connectivity index (χ1n) is 5.10. The Bertz CT molecular complexity index is 459. The van der Waals surface area contributed by atoms with Crippen LogP contribution in [0.2, 0.25) is 0 Å². The molecule has 0 amide bonds. The lowest BCUT2D eigenvalue weighted by molar-refractivity contribution is 0.397. The van der Waals surface area contributed by atoms with E-state index in [1.807, 2.05) is 24.5 Å². The van der Waals surface area contributed by atoms with E-state index >= 15 is 0 Å². The third-order valence-electron chi connectivity index (χ3n) is 2.17. The lowest BCUT2D eigenvalue weighted by Gasteiger charge is -2.06. The molecule has 0 aliphatic carbocycles. The highest BCUT2D eigenvalue weighted by molar-refractivity contribution is 7.98. The number of rotatable bonds is 4. The summed E-state index contributed by atoms with van der Waals surface area (Å²) in [5.74, 6) is 1.08. The largest absolute Gasteiger partial charge is 0.481 e. The zero-order valence-corrected chi connectivity index (χ0v) is 10.5. The lowest BCUT2D eigenvalue weighted by Crippen LogP contribution is -1.98. The first-order chi connectivity index (χ1) is 8.31. The van der Waals surface area contributed by atoms with E-state index in [1.165, 1.54) is 4.90 Å². The summed E-state index contributed by atoms with van der Waals surface area (Å²) >= 11 is 1.70. The summed E-state index contributed by atoms with van der Waals surface area (Å²) in [7, 11) is 1.58. The third-order valence-corrected chi connectivity index (χ3v) is 2.89. The minimum absolute atomic E-state index is 0.530. The van der Waals surface area contributed by atoms with Crippen molar-refractivity contribution in [1.82, 2.24) is 9.97 Å². The van der Waals surface area contributed by atoms with Crippen molar-refractivity contribution in [3.05, 3.63) is 36.5 Å². The number of ether oxygens (including phenoxy) is 1. The van der Waals surface area contributed by atoms with Crippen LogP contribution < -0.4 is 10.1 Å². The maximum atomic E-state index is 5.04. The average molecular weight is 247 g/mol. The van der Waals surface area contributed by atoms with Crippen LogP contribution in [0, 0.1) is 0 Å². The quantitative estimate of drug-likeness (QED) is 0.842. The van der Waals surface area contributed by atoms with Gasteiger partial charge in [-0.05, 0) is 24.5 Å². The number of hydrogen-bond donors (Lipinski definition) is 1. The normalized spacial score (nSPS) is 10.0. The van der Waals surface area contributed by atoms with Gasteiger partial charge in [0.15, 0.2) is 0 Å².